The van der Waals surface area contributed by atoms with Crippen LogP contribution >= 0.6 is 0 Å². The lowest BCUT2D eigenvalue weighted by Gasteiger charge is -2.34. The van der Waals surface area contributed by atoms with Gasteiger partial charge in [0.1, 0.15) is 17.4 Å². The molecule has 3 amide bonds. The van der Waals surface area contributed by atoms with Crippen LogP contribution in [-0.2, 0) is 0 Å². The maximum atomic E-state index is 13.2. The average Bonchev–Trinajstić information content (AvgIpc) is 2.66. The fourth-order valence-corrected chi connectivity index (χ4v) is 2.88. The lowest BCUT2D eigenvalue weighted by Crippen LogP contribution is -2.51. The van der Waals surface area contributed by atoms with Gasteiger partial charge in [-0.3, -0.25) is 4.79 Å². The summed E-state index contributed by atoms with van der Waals surface area (Å²) >= 11 is 0. The Morgan fingerprint density at radius 1 is 0.963 bits per heavy atom. The van der Waals surface area contributed by atoms with Crippen LogP contribution < -0.4 is 10.1 Å². The van der Waals surface area contributed by atoms with Gasteiger partial charge in [0.2, 0.25) is 0 Å². The molecule has 2 aromatic rings. The topological polar surface area (TPSA) is 61.9 Å². The largest absolute Gasteiger partial charge is 0.497 e. The van der Waals surface area contributed by atoms with E-state index in [9.17, 15) is 18.4 Å². The van der Waals surface area contributed by atoms with Crippen molar-refractivity contribution in [3.05, 3.63) is 59.7 Å². The summed E-state index contributed by atoms with van der Waals surface area (Å²) in [6, 6.07) is 9.24. The molecule has 0 aromatic heterocycles. The Morgan fingerprint density at radius 2 is 1.59 bits per heavy atom. The number of carbonyl (C=O) groups excluding carboxylic acids is 2. The second kappa shape index (κ2) is 8.03. The van der Waals surface area contributed by atoms with Gasteiger partial charge in [-0.25, -0.2) is 13.6 Å². The first-order valence-electron chi connectivity index (χ1n) is 8.41. The van der Waals surface area contributed by atoms with E-state index in [0.717, 1.165) is 18.2 Å². The molecule has 6 nitrogen and oxygen atoms in total. The predicted octanol–water partition coefficient (Wildman–Crippen LogP) is 2.96. The second-order valence-corrected chi connectivity index (χ2v) is 6.10. The van der Waals surface area contributed by atoms with Gasteiger partial charge in [0.05, 0.1) is 7.11 Å². The SMILES string of the molecule is COc1cccc(C(=O)N2CCN(C(=O)Nc3cc(F)cc(F)c3)CC2)c1. The number of ether oxygens (including phenoxy) is 1. The van der Waals surface area contributed by atoms with E-state index in [4.69, 9.17) is 4.74 Å². The molecule has 3 rings (SSSR count). The molecule has 1 aliphatic heterocycles. The summed E-state index contributed by atoms with van der Waals surface area (Å²) in [5.74, 6) is -1.07. The van der Waals surface area contributed by atoms with Gasteiger partial charge in [0.25, 0.3) is 5.91 Å². The highest BCUT2D eigenvalue weighted by atomic mass is 19.1. The summed E-state index contributed by atoms with van der Waals surface area (Å²) in [4.78, 5) is 28.0. The van der Waals surface area contributed by atoms with Crippen LogP contribution in [0.3, 0.4) is 0 Å². The van der Waals surface area contributed by atoms with Crippen molar-refractivity contribution in [3.63, 3.8) is 0 Å². The molecule has 0 bridgehead atoms. The molecule has 1 aliphatic rings. The summed E-state index contributed by atoms with van der Waals surface area (Å²) in [7, 11) is 1.53. The molecule has 1 heterocycles. The standard InChI is InChI=1S/C19H19F2N3O3/c1-27-17-4-2-3-13(9-17)18(25)23-5-7-24(8-6-23)19(26)22-16-11-14(20)10-15(21)12-16/h2-4,9-12H,5-8H2,1H3,(H,22,26). The van der Waals surface area contributed by atoms with E-state index in [1.54, 1.807) is 29.2 Å². The first kappa shape index (κ1) is 18.6. The highest BCUT2D eigenvalue weighted by Gasteiger charge is 2.25. The smallest absolute Gasteiger partial charge is 0.321 e. The molecule has 1 fully saturated rings. The highest BCUT2D eigenvalue weighted by Crippen LogP contribution is 2.17. The second-order valence-electron chi connectivity index (χ2n) is 6.10. The molecule has 1 N–H and O–H groups in total. The summed E-state index contributed by atoms with van der Waals surface area (Å²) in [6.07, 6.45) is 0. The molecule has 0 saturated carbocycles. The van der Waals surface area contributed by atoms with Crippen molar-refractivity contribution in [2.45, 2.75) is 0 Å². The number of amides is 3. The minimum Gasteiger partial charge on any atom is -0.497 e. The van der Waals surface area contributed by atoms with E-state index >= 15 is 0 Å². The fraction of sp³-hybridized carbons (Fsp3) is 0.263. The molecule has 8 heteroatoms. The number of carbonyl (C=O) groups is 2. The monoisotopic (exact) mass is 375 g/mol. The number of methoxy groups -OCH3 is 1. The summed E-state index contributed by atoms with van der Waals surface area (Å²) in [6.45, 7) is 1.36. The normalized spacial score (nSPS) is 14.0. The highest BCUT2D eigenvalue weighted by molar-refractivity contribution is 5.95. The van der Waals surface area contributed by atoms with E-state index in [-0.39, 0.29) is 11.6 Å². The third kappa shape index (κ3) is 4.52. The van der Waals surface area contributed by atoms with Gasteiger partial charge in [-0.15, -0.1) is 0 Å². The minimum absolute atomic E-state index is 0.0485. The number of piperazine rings is 1. The Balaban J connectivity index is 1.57. The summed E-state index contributed by atoms with van der Waals surface area (Å²) in [5.41, 5.74) is 0.565. The Bertz CT molecular complexity index is 832. The number of hydrogen-bond donors (Lipinski definition) is 1. The number of rotatable bonds is 3. The van der Waals surface area contributed by atoms with Gasteiger partial charge in [0.15, 0.2) is 0 Å². The Kier molecular flexibility index (Phi) is 5.54. The van der Waals surface area contributed by atoms with Crippen molar-refractivity contribution in [2.75, 3.05) is 38.6 Å². The van der Waals surface area contributed by atoms with Crippen molar-refractivity contribution in [2.24, 2.45) is 0 Å². The van der Waals surface area contributed by atoms with Crippen LogP contribution in [0.1, 0.15) is 10.4 Å². The number of nitrogens with zero attached hydrogens (tertiary/aromatic N) is 2. The fourth-order valence-electron chi connectivity index (χ4n) is 2.88. The molecule has 0 aliphatic carbocycles. The lowest BCUT2D eigenvalue weighted by atomic mass is 10.1. The zero-order valence-electron chi connectivity index (χ0n) is 14.7. The first-order chi connectivity index (χ1) is 13.0. The third-order valence-corrected chi connectivity index (χ3v) is 4.28. The van der Waals surface area contributed by atoms with E-state index in [0.29, 0.717) is 37.5 Å². The van der Waals surface area contributed by atoms with Gasteiger partial charge in [0, 0.05) is 43.5 Å². The molecule has 0 spiro atoms. The maximum absolute atomic E-state index is 13.2. The van der Waals surface area contributed by atoms with Gasteiger partial charge in [-0.1, -0.05) is 6.07 Å². The zero-order chi connectivity index (χ0) is 19.4. The van der Waals surface area contributed by atoms with Crippen molar-refractivity contribution < 1.29 is 23.1 Å². The third-order valence-electron chi connectivity index (χ3n) is 4.28. The predicted molar refractivity (Wildman–Crippen MR) is 95.8 cm³/mol. The van der Waals surface area contributed by atoms with E-state index < -0.39 is 17.7 Å². The summed E-state index contributed by atoms with van der Waals surface area (Å²) < 4.78 is 31.6. The lowest BCUT2D eigenvalue weighted by molar-refractivity contribution is 0.0671. The van der Waals surface area contributed by atoms with Crippen LogP contribution in [0.2, 0.25) is 0 Å². The van der Waals surface area contributed by atoms with Crippen LogP contribution in [0.4, 0.5) is 19.3 Å². The number of nitrogens with one attached hydrogen (secondary N) is 1. The Labute approximate surface area is 155 Å². The Hall–Kier alpha value is -3.16. The van der Waals surface area contributed by atoms with Gasteiger partial charge in [-0.05, 0) is 30.3 Å². The van der Waals surface area contributed by atoms with Crippen LogP contribution in [0.15, 0.2) is 42.5 Å². The zero-order valence-corrected chi connectivity index (χ0v) is 14.7. The van der Waals surface area contributed by atoms with Gasteiger partial charge < -0.3 is 19.9 Å². The summed E-state index contributed by atoms with van der Waals surface area (Å²) in [5, 5.41) is 2.47. The number of anilines is 1. The minimum atomic E-state index is -0.765. The van der Waals surface area contributed by atoms with Crippen molar-refractivity contribution in [1.29, 1.82) is 0 Å². The number of benzene rings is 2. The van der Waals surface area contributed by atoms with E-state index in [1.807, 2.05) is 0 Å². The number of halogens is 2. The molecule has 2 aromatic carbocycles. The molecule has 0 radical (unpaired) electrons. The van der Waals surface area contributed by atoms with Crippen molar-refractivity contribution in [1.82, 2.24) is 9.80 Å². The van der Waals surface area contributed by atoms with E-state index in [1.165, 1.54) is 12.0 Å². The Morgan fingerprint density at radius 3 is 2.22 bits per heavy atom. The van der Waals surface area contributed by atoms with Crippen LogP contribution in [0, 0.1) is 11.6 Å². The average molecular weight is 375 g/mol. The quantitative estimate of drug-likeness (QED) is 0.897. The molecule has 0 atom stereocenters. The van der Waals surface area contributed by atoms with Crippen molar-refractivity contribution >= 4 is 17.6 Å². The van der Waals surface area contributed by atoms with E-state index in [2.05, 4.69) is 5.32 Å². The molecule has 0 unspecified atom stereocenters. The van der Waals surface area contributed by atoms with Crippen LogP contribution in [0.5, 0.6) is 5.75 Å². The first-order valence-corrected chi connectivity index (χ1v) is 8.41. The van der Waals surface area contributed by atoms with Crippen LogP contribution in [-0.4, -0.2) is 55.0 Å². The van der Waals surface area contributed by atoms with Crippen molar-refractivity contribution in [3.8, 4) is 5.75 Å². The molecule has 142 valence electrons. The molecular formula is C19H19F2N3O3. The molecular weight excluding hydrogens is 356 g/mol. The number of hydrogen-bond acceptors (Lipinski definition) is 3. The molecule has 27 heavy (non-hydrogen) atoms. The van der Waals surface area contributed by atoms with Gasteiger partial charge in [-0.2, -0.15) is 0 Å². The molecule has 1 saturated heterocycles. The maximum Gasteiger partial charge on any atom is 0.321 e. The van der Waals surface area contributed by atoms with Crippen LogP contribution in [0.25, 0.3) is 0 Å². The van der Waals surface area contributed by atoms with Gasteiger partial charge >= 0.3 is 6.03 Å². The number of urea groups is 1.